The summed E-state index contributed by atoms with van der Waals surface area (Å²) in [7, 11) is 3.21. The smallest absolute Gasteiger partial charge is 0.229 e. The van der Waals surface area contributed by atoms with Crippen LogP contribution in [0.1, 0.15) is 0 Å². The van der Waals surface area contributed by atoms with Gasteiger partial charge in [0.2, 0.25) is 5.95 Å². The van der Waals surface area contributed by atoms with Gasteiger partial charge in [0.05, 0.1) is 45.0 Å². The lowest BCUT2D eigenvalue weighted by Crippen LogP contribution is -2.36. The number of rotatable bonds is 7. The van der Waals surface area contributed by atoms with Gasteiger partial charge in [-0.15, -0.1) is 0 Å². The van der Waals surface area contributed by atoms with Crippen molar-refractivity contribution in [2.24, 2.45) is 0 Å². The lowest BCUT2D eigenvalue weighted by Gasteiger charge is -2.29. The number of nitrogen functional groups attached to an aromatic ring is 1. The molecule has 0 bridgehead atoms. The van der Waals surface area contributed by atoms with Crippen LogP contribution in [0.25, 0.3) is 0 Å². The summed E-state index contributed by atoms with van der Waals surface area (Å²) in [6.07, 6.45) is 1.52. The van der Waals surface area contributed by atoms with Gasteiger partial charge in [-0.3, -0.25) is 0 Å². The van der Waals surface area contributed by atoms with Gasteiger partial charge in [-0.2, -0.15) is 4.98 Å². The maximum atomic E-state index is 6.36. The van der Waals surface area contributed by atoms with E-state index >= 15 is 0 Å². The van der Waals surface area contributed by atoms with Crippen LogP contribution in [0.5, 0.6) is 11.5 Å². The second kappa shape index (κ2) is 9.80. The Hall–Kier alpha value is -3.43. The van der Waals surface area contributed by atoms with Crippen molar-refractivity contribution in [3.63, 3.8) is 0 Å². The zero-order valence-electron chi connectivity index (χ0n) is 17.9. The Morgan fingerprint density at radius 3 is 2.53 bits per heavy atom. The first-order chi connectivity index (χ1) is 15.6. The monoisotopic (exact) mass is 456 g/mol. The number of hydrogen-bond donors (Lipinski definition) is 3. The Kier molecular flexibility index (Phi) is 6.67. The van der Waals surface area contributed by atoms with Crippen LogP contribution in [0.4, 0.5) is 34.5 Å². The number of ether oxygens (including phenoxy) is 3. The molecule has 1 aliphatic rings. The van der Waals surface area contributed by atoms with Gasteiger partial charge in [-0.05, 0) is 30.3 Å². The number of anilines is 6. The third kappa shape index (κ3) is 4.90. The van der Waals surface area contributed by atoms with Crippen LogP contribution in [0.3, 0.4) is 0 Å². The van der Waals surface area contributed by atoms with Crippen LogP contribution in [0.2, 0.25) is 5.02 Å². The number of hydrogen-bond acceptors (Lipinski definition) is 9. The number of nitrogens with zero attached hydrogens (tertiary/aromatic N) is 3. The van der Waals surface area contributed by atoms with E-state index in [1.807, 2.05) is 18.2 Å². The molecule has 0 amide bonds. The largest absolute Gasteiger partial charge is 0.495 e. The number of nitrogens with one attached hydrogen (secondary N) is 2. The summed E-state index contributed by atoms with van der Waals surface area (Å²) in [5.41, 5.74) is 8.93. The van der Waals surface area contributed by atoms with Crippen LogP contribution in [0, 0.1) is 0 Å². The van der Waals surface area contributed by atoms with Gasteiger partial charge < -0.3 is 35.5 Å². The van der Waals surface area contributed by atoms with Crippen molar-refractivity contribution in [3.8, 4) is 11.5 Å². The number of methoxy groups -OCH3 is 2. The van der Waals surface area contributed by atoms with Gasteiger partial charge in [-0.1, -0.05) is 11.6 Å². The Bertz CT molecular complexity index is 1090. The van der Waals surface area contributed by atoms with E-state index in [0.29, 0.717) is 52.9 Å². The van der Waals surface area contributed by atoms with Crippen molar-refractivity contribution in [1.29, 1.82) is 0 Å². The lowest BCUT2D eigenvalue weighted by atomic mass is 10.2. The highest BCUT2D eigenvalue weighted by molar-refractivity contribution is 6.33. The van der Waals surface area contributed by atoms with Crippen molar-refractivity contribution in [2.45, 2.75) is 0 Å². The summed E-state index contributed by atoms with van der Waals surface area (Å²) in [5, 5.41) is 6.73. The van der Waals surface area contributed by atoms with Gasteiger partial charge in [0.1, 0.15) is 16.5 Å². The van der Waals surface area contributed by atoms with Gasteiger partial charge in [0, 0.05) is 30.5 Å². The quantitative estimate of drug-likeness (QED) is 0.454. The second-order valence-corrected chi connectivity index (χ2v) is 7.49. The van der Waals surface area contributed by atoms with Gasteiger partial charge in [0.25, 0.3) is 0 Å². The molecule has 10 heteroatoms. The molecule has 1 fully saturated rings. The summed E-state index contributed by atoms with van der Waals surface area (Å²) < 4.78 is 16.4. The minimum atomic E-state index is 0.338. The fraction of sp³-hybridized carbons (Fsp3) is 0.273. The van der Waals surface area contributed by atoms with Crippen LogP contribution in [-0.4, -0.2) is 50.5 Å². The minimum Gasteiger partial charge on any atom is -0.495 e. The van der Waals surface area contributed by atoms with Crippen molar-refractivity contribution < 1.29 is 14.2 Å². The lowest BCUT2D eigenvalue weighted by molar-refractivity contribution is 0.122. The van der Waals surface area contributed by atoms with Crippen LogP contribution in [-0.2, 0) is 4.74 Å². The number of aromatic nitrogens is 2. The molecule has 32 heavy (non-hydrogen) atoms. The Morgan fingerprint density at radius 1 is 1.00 bits per heavy atom. The highest BCUT2D eigenvalue weighted by Crippen LogP contribution is 2.35. The summed E-state index contributed by atoms with van der Waals surface area (Å²) in [5.74, 6) is 2.07. The minimum absolute atomic E-state index is 0.338. The second-order valence-electron chi connectivity index (χ2n) is 7.08. The van der Waals surface area contributed by atoms with Gasteiger partial charge in [-0.25, -0.2) is 4.98 Å². The summed E-state index contributed by atoms with van der Waals surface area (Å²) in [6.45, 7) is 3.12. The number of benzene rings is 2. The molecule has 0 unspecified atom stereocenters. The SMILES string of the molecule is COc1ccc(N)cc1Nc1ncc(Cl)c(Nc2ccc(N3CCOCC3)cc2OC)n1. The van der Waals surface area contributed by atoms with Gasteiger partial charge in [0.15, 0.2) is 5.82 Å². The first-order valence-corrected chi connectivity index (χ1v) is 10.5. The maximum absolute atomic E-state index is 6.36. The molecular formula is C22H25ClN6O3. The van der Waals surface area contributed by atoms with E-state index < -0.39 is 0 Å². The summed E-state index contributed by atoms with van der Waals surface area (Å²) in [4.78, 5) is 11.0. The molecule has 0 spiro atoms. The maximum Gasteiger partial charge on any atom is 0.229 e. The molecule has 0 aliphatic carbocycles. The molecule has 168 valence electrons. The Morgan fingerprint density at radius 2 is 1.78 bits per heavy atom. The predicted molar refractivity (Wildman–Crippen MR) is 127 cm³/mol. The molecule has 2 heterocycles. The van der Waals surface area contributed by atoms with E-state index in [2.05, 4.69) is 25.5 Å². The molecule has 0 radical (unpaired) electrons. The number of morpholine rings is 1. The average Bonchev–Trinajstić information content (AvgIpc) is 2.82. The predicted octanol–water partition coefficient (Wildman–Crippen LogP) is 4.05. The molecule has 1 aromatic heterocycles. The van der Waals surface area contributed by atoms with Crippen molar-refractivity contribution in [3.05, 3.63) is 47.6 Å². The molecule has 1 saturated heterocycles. The summed E-state index contributed by atoms with van der Waals surface area (Å²) >= 11 is 6.36. The summed E-state index contributed by atoms with van der Waals surface area (Å²) in [6, 6.07) is 11.2. The molecule has 4 N–H and O–H groups in total. The first-order valence-electron chi connectivity index (χ1n) is 10.1. The zero-order valence-corrected chi connectivity index (χ0v) is 18.6. The van der Waals surface area contributed by atoms with Crippen LogP contribution in [0.15, 0.2) is 42.6 Å². The average molecular weight is 457 g/mol. The third-order valence-corrected chi connectivity index (χ3v) is 5.31. The Balaban J connectivity index is 1.57. The molecule has 0 atom stereocenters. The standard InChI is InChI=1S/C22H25ClN6O3/c1-30-19-6-3-14(24)11-18(19)27-22-25-13-16(23)21(28-22)26-17-5-4-15(12-20(17)31-2)29-7-9-32-10-8-29/h3-6,11-13H,7-10,24H2,1-2H3,(H2,25,26,27,28). The van der Waals surface area contributed by atoms with E-state index in [1.165, 1.54) is 6.20 Å². The van der Waals surface area contributed by atoms with E-state index in [-0.39, 0.29) is 0 Å². The molecule has 0 saturated carbocycles. The van der Waals surface area contributed by atoms with Crippen molar-refractivity contribution in [2.75, 3.05) is 61.8 Å². The van der Waals surface area contributed by atoms with Crippen LogP contribution >= 0.6 is 11.6 Å². The highest BCUT2D eigenvalue weighted by Gasteiger charge is 2.15. The van der Waals surface area contributed by atoms with Crippen LogP contribution < -0.4 is 30.7 Å². The first kappa shape index (κ1) is 21.8. The van der Waals surface area contributed by atoms with Gasteiger partial charge >= 0.3 is 0 Å². The topological polar surface area (TPSA) is 107 Å². The molecule has 9 nitrogen and oxygen atoms in total. The fourth-order valence-corrected chi connectivity index (χ4v) is 3.53. The third-order valence-electron chi connectivity index (χ3n) is 5.03. The molecule has 1 aliphatic heterocycles. The van der Waals surface area contributed by atoms with E-state index in [1.54, 1.807) is 32.4 Å². The fourth-order valence-electron chi connectivity index (χ4n) is 3.39. The molecular weight excluding hydrogens is 432 g/mol. The molecule has 4 rings (SSSR count). The highest BCUT2D eigenvalue weighted by atomic mass is 35.5. The van der Waals surface area contributed by atoms with E-state index in [9.17, 15) is 0 Å². The van der Waals surface area contributed by atoms with E-state index in [0.717, 1.165) is 24.5 Å². The molecule has 3 aromatic rings. The Labute approximate surface area is 191 Å². The normalized spacial score (nSPS) is 13.5. The molecule has 2 aromatic carbocycles. The van der Waals surface area contributed by atoms with E-state index in [4.69, 9.17) is 31.5 Å². The zero-order chi connectivity index (χ0) is 22.5. The van der Waals surface area contributed by atoms with Crippen molar-refractivity contribution >= 4 is 46.1 Å². The number of halogens is 1. The van der Waals surface area contributed by atoms with Crippen molar-refractivity contribution in [1.82, 2.24) is 9.97 Å². The number of nitrogens with two attached hydrogens (primary N) is 1.